The molecule has 1 aliphatic carbocycles. The minimum atomic E-state index is -1.20. The summed E-state index contributed by atoms with van der Waals surface area (Å²) in [5.74, 6) is -1.87. The van der Waals surface area contributed by atoms with E-state index in [-0.39, 0.29) is 24.7 Å². The highest BCUT2D eigenvalue weighted by Crippen LogP contribution is 2.44. The predicted molar refractivity (Wildman–Crippen MR) is 131 cm³/mol. The molecule has 3 aromatic rings. The van der Waals surface area contributed by atoms with E-state index in [1.807, 2.05) is 36.4 Å². The van der Waals surface area contributed by atoms with Crippen LogP contribution in [0.15, 0.2) is 66.7 Å². The molecule has 3 N–H and O–H groups in total. The number of anilines is 1. The third kappa shape index (κ3) is 5.17. The van der Waals surface area contributed by atoms with Crippen molar-refractivity contribution in [2.75, 3.05) is 25.6 Å². The number of aryl methyl sites for hydroxylation is 1. The fourth-order valence-corrected chi connectivity index (χ4v) is 4.23. The van der Waals surface area contributed by atoms with Gasteiger partial charge in [-0.1, -0.05) is 54.6 Å². The fourth-order valence-electron chi connectivity index (χ4n) is 4.23. The lowest BCUT2D eigenvalue weighted by molar-refractivity contribution is -0.140. The van der Waals surface area contributed by atoms with Crippen LogP contribution in [0.3, 0.4) is 0 Å². The number of carboxylic acid groups (broad SMARTS) is 1. The number of carboxylic acids is 1. The number of rotatable bonds is 8. The average molecular weight is 475 g/mol. The molecule has 35 heavy (non-hydrogen) atoms. The van der Waals surface area contributed by atoms with Crippen LogP contribution >= 0.6 is 0 Å². The Morgan fingerprint density at radius 1 is 0.971 bits per heavy atom. The SMILES string of the molecule is COCC(NC(=O)c1ccc(C)c(NC(=O)OCC2c3ccccc3-c3ccccc32)c1)C(=O)O. The van der Waals surface area contributed by atoms with Crippen LogP contribution in [0.2, 0.25) is 0 Å². The van der Waals surface area contributed by atoms with E-state index in [1.54, 1.807) is 19.1 Å². The van der Waals surface area contributed by atoms with Crippen molar-refractivity contribution >= 4 is 23.7 Å². The molecule has 2 amide bonds. The summed E-state index contributed by atoms with van der Waals surface area (Å²) < 4.78 is 10.4. The molecule has 180 valence electrons. The zero-order chi connectivity index (χ0) is 24.9. The van der Waals surface area contributed by atoms with Crippen molar-refractivity contribution < 1.29 is 29.0 Å². The molecular weight excluding hydrogens is 448 g/mol. The van der Waals surface area contributed by atoms with Crippen molar-refractivity contribution in [3.05, 3.63) is 89.0 Å². The summed E-state index contributed by atoms with van der Waals surface area (Å²) in [6.45, 7) is 1.78. The van der Waals surface area contributed by atoms with Crippen LogP contribution < -0.4 is 10.6 Å². The predicted octanol–water partition coefficient (Wildman–Crippen LogP) is 4.19. The van der Waals surface area contributed by atoms with Gasteiger partial charge in [-0.3, -0.25) is 10.1 Å². The van der Waals surface area contributed by atoms with Gasteiger partial charge in [-0.15, -0.1) is 0 Å². The third-order valence-corrected chi connectivity index (χ3v) is 6.02. The van der Waals surface area contributed by atoms with E-state index in [0.717, 1.165) is 27.8 Å². The molecule has 1 unspecified atom stereocenters. The maximum Gasteiger partial charge on any atom is 0.411 e. The van der Waals surface area contributed by atoms with E-state index < -0.39 is 24.0 Å². The molecule has 4 rings (SSSR count). The number of carbonyl (C=O) groups excluding carboxylic acids is 2. The van der Waals surface area contributed by atoms with Crippen LogP contribution in [0, 0.1) is 6.92 Å². The molecule has 0 aromatic heterocycles. The van der Waals surface area contributed by atoms with E-state index in [2.05, 4.69) is 22.8 Å². The lowest BCUT2D eigenvalue weighted by atomic mass is 9.98. The van der Waals surface area contributed by atoms with Gasteiger partial charge in [0.15, 0.2) is 6.04 Å². The normalized spacial score (nSPS) is 12.9. The Morgan fingerprint density at radius 2 is 1.60 bits per heavy atom. The molecule has 0 fully saturated rings. The number of methoxy groups -OCH3 is 1. The Bertz CT molecular complexity index is 1230. The van der Waals surface area contributed by atoms with Gasteiger partial charge in [0, 0.05) is 24.3 Å². The Hall–Kier alpha value is -4.17. The van der Waals surface area contributed by atoms with Crippen LogP contribution in [0.25, 0.3) is 11.1 Å². The van der Waals surface area contributed by atoms with Crippen LogP contribution in [-0.2, 0) is 14.3 Å². The largest absolute Gasteiger partial charge is 0.480 e. The maximum absolute atomic E-state index is 12.7. The first-order chi connectivity index (χ1) is 16.9. The first-order valence-electron chi connectivity index (χ1n) is 11.1. The molecule has 3 aromatic carbocycles. The number of hydrogen-bond donors (Lipinski definition) is 3. The fraction of sp³-hybridized carbons (Fsp3) is 0.222. The van der Waals surface area contributed by atoms with Gasteiger partial charge in [-0.2, -0.15) is 0 Å². The Kier molecular flexibility index (Phi) is 7.12. The Morgan fingerprint density at radius 3 is 2.20 bits per heavy atom. The van der Waals surface area contributed by atoms with E-state index in [4.69, 9.17) is 9.47 Å². The highest BCUT2D eigenvalue weighted by Gasteiger charge is 2.29. The Balaban J connectivity index is 1.43. The Labute approximate surface area is 202 Å². The van der Waals surface area contributed by atoms with Gasteiger partial charge in [0.05, 0.1) is 6.61 Å². The molecule has 0 bridgehead atoms. The van der Waals surface area contributed by atoms with Crippen LogP contribution in [-0.4, -0.2) is 49.4 Å². The van der Waals surface area contributed by atoms with Crippen LogP contribution in [0.1, 0.15) is 33.0 Å². The summed E-state index contributed by atoms with van der Waals surface area (Å²) in [5.41, 5.74) is 5.82. The third-order valence-electron chi connectivity index (χ3n) is 6.02. The number of hydrogen-bond acceptors (Lipinski definition) is 5. The molecule has 0 saturated heterocycles. The first kappa shape index (κ1) is 24.0. The topological polar surface area (TPSA) is 114 Å². The molecular formula is C27H26N2O6. The molecule has 8 heteroatoms. The average Bonchev–Trinajstić information content (AvgIpc) is 3.17. The van der Waals surface area contributed by atoms with Gasteiger partial charge in [0.1, 0.15) is 6.61 Å². The lowest BCUT2D eigenvalue weighted by Crippen LogP contribution is -2.43. The zero-order valence-electron chi connectivity index (χ0n) is 19.4. The number of aliphatic carboxylic acids is 1. The molecule has 0 aliphatic heterocycles. The van der Waals surface area contributed by atoms with Gasteiger partial charge in [0.2, 0.25) is 0 Å². The smallest absolute Gasteiger partial charge is 0.411 e. The van der Waals surface area contributed by atoms with Crippen molar-refractivity contribution in [3.8, 4) is 11.1 Å². The van der Waals surface area contributed by atoms with Gasteiger partial charge in [-0.25, -0.2) is 9.59 Å². The van der Waals surface area contributed by atoms with Crippen molar-refractivity contribution in [2.45, 2.75) is 18.9 Å². The molecule has 0 heterocycles. The molecule has 0 spiro atoms. The van der Waals surface area contributed by atoms with Crippen molar-refractivity contribution in [1.82, 2.24) is 5.32 Å². The summed E-state index contributed by atoms with van der Waals surface area (Å²) in [6, 6.07) is 19.7. The molecule has 1 aliphatic rings. The first-order valence-corrected chi connectivity index (χ1v) is 11.1. The summed E-state index contributed by atoms with van der Waals surface area (Å²) >= 11 is 0. The molecule has 1 atom stereocenters. The maximum atomic E-state index is 12.7. The van der Waals surface area contributed by atoms with E-state index in [9.17, 15) is 19.5 Å². The summed E-state index contributed by atoms with van der Waals surface area (Å²) in [5, 5.41) is 14.3. The van der Waals surface area contributed by atoms with Crippen molar-refractivity contribution in [2.24, 2.45) is 0 Å². The number of fused-ring (bicyclic) bond motifs is 3. The van der Waals surface area contributed by atoms with Crippen LogP contribution in [0.5, 0.6) is 0 Å². The molecule has 0 saturated carbocycles. The number of amides is 2. The van der Waals surface area contributed by atoms with E-state index >= 15 is 0 Å². The van der Waals surface area contributed by atoms with Gasteiger partial charge >= 0.3 is 12.1 Å². The summed E-state index contributed by atoms with van der Waals surface area (Å²) in [4.78, 5) is 36.5. The monoisotopic (exact) mass is 474 g/mol. The summed E-state index contributed by atoms with van der Waals surface area (Å²) in [7, 11) is 1.35. The van der Waals surface area contributed by atoms with Crippen molar-refractivity contribution in [3.63, 3.8) is 0 Å². The highest BCUT2D eigenvalue weighted by molar-refractivity contribution is 5.98. The second kappa shape index (κ2) is 10.4. The van der Waals surface area contributed by atoms with Gasteiger partial charge in [-0.05, 0) is 46.9 Å². The number of ether oxygens (including phenoxy) is 2. The lowest BCUT2D eigenvalue weighted by Gasteiger charge is -2.16. The molecule has 8 nitrogen and oxygen atoms in total. The highest BCUT2D eigenvalue weighted by atomic mass is 16.5. The van der Waals surface area contributed by atoms with Crippen LogP contribution in [0.4, 0.5) is 10.5 Å². The second-order valence-corrected chi connectivity index (χ2v) is 8.30. The number of nitrogens with one attached hydrogen (secondary N) is 2. The minimum Gasteiger partial charge on any atom is -0.480 e. The summed E-state index contributed by atoms with van der Waals surface area (Å²) in [6.07, 6.45) is -0.643. The van der Waals surface area contributed by atoms with E-state index in [0.29, 0.717) is 5.69 Å². The zero-order valence-corrected chi connectivity index (χ0v) is 19.4. The number of carbonyl (C=O) groups is 3. The quantitative estimate of drug-likeness (QED) is 0.451. The van der Waals surface area contributed by atoms with Gasteiger partial charge < -0.3 is 19.9 Å². The van der Waals surface area contributed by atoms with Gasteiger partial charge in [0.25, 0.3) is 5.91 Å². The molecule has 0 radical (unpaired) electrons. The number of benzene rings is 3. The standard InChI is InChI=1S/C27H26N2O6/c1-16-11-12-17(25(30)28-24(15-34-2)26(31)32)13-23(16)29-27(33)35-14-22-20-9-5-3-7-18(20)19-8-4-6-10-21(19)22/h3-13,22,24H,14-15H2,1-2H3,(H,28,30)(H,29,33)(H,31,32). The van der Waals surface area contributed by atoms with E-state index in [1.165, 1.54) is 13.2 Å². The minimum absolute atomic E-state index is 0.0694. The second-order valence-electron chi connectivity index (χ2n) is 8.30. The van der Waals surface area contributed by atoms with Crippen molar-refractivity contribution in [1.29, 1.82) is 0 Å².